The van der Waals surface area contributed by atoms with E-state index in [4.69, 9.17) is 4.74 Å². The van der Waals surface area contributed by atoms with E-state index in [1.165, 1.54) is 11.3 Å². The predicted octanol–water partition coefficient (Wildman–Crippen LogP) is 5.35. The Morgan fingerprint density at radius 2 is 1.87 bits per heavy atom. The molecule has 194 valence electrons. The molecule has 0 fully saturated rings. The third kappa shape index (κ3) is 6.32. The number of likely N-dealkylation sites (N-methyl/N-ethyl adjacent to an activating group) is 1. The molecule has 2 aromatic carbocycles. The summed E-state index contributed by atoms with van der Waals surface area (Å²) in [4.78, 5) is 36.3. The van der Waals surface area contributed by atoms with Gasteiger partial charge in [-0.1, -0.05) is 29.5 Å². The standard InChI is InChI=1S/C28H28N6O3S/c1-17-9-10-20(30-25(36)18-7-6-8-19(13-18)28(2,3)16-29)14-22(17)37-24-12-11-21-26(33-24)38-27(31-21)32-23(35)15-34(4)5/h6-14H,15H2,1-5H3,(H,30,36)(H,31,32,35). The second kappa shape index (κ2) is 11.0. The quantitative estimate of drug-likeness (QED) is 0.316. The highest BCUT2D eigenvalue weighted by Crippen LogP contribution is 2.31. The first-order valence-corrected chi connectivity index (χ1v) is 12.7. The molecule has 0 bridgehead atoms. The highest BCUT2D eigenvalue weighted by atomic mass is 32.1. The van der Waals surface area contributed by atoms with E-state index < -0.39 is 5.41 Å². The van der Waals surface area contributed by atoms with Crippen LogP contribution >= 0.6 is 11.3 Å². The van der Waals surface area contributed by atoms with E-state index in [2.05, 4.69) is 26.7 Å². The Labute approximate surface area is 225 Å². The highest BCUT2D eigenvalue weighted by molar-refractivity contribution is 7.21. The number of carbonyl (C=O) groups excluding carboxylic acids is 2. The van der Waals surface area contributed by atoms with Gasteiger partial charge in [-0.2, -0.15) is 5.26 Å². The maximum absolute atomic E-state index is 12.9. The second-order valence-corrected chi connectivity index (χ2v) is 10.6. The highest BCUT2D eigenvalue weighted by Gasteiger charge is 2.21. The van der Waals surface area contributed by atoms with Crippen molar-refractivity contribution in [1.29, 1.82) is 5.26 Å². The fourth-order valence-corrected chi connectivity index (χ4v) is 4.42. The number of hydrogen-bond donors (Lipinski definition) is 2. The number of nitrogens with one attached hydrogen (secondary N) is 2. The minimum Gasteiger partial charge on any atom is -0.439 e. The maximum atomic E-state index is 12.9. The van der Waals surface area contributed by atoms with Crippen LogP contribution in [-0.4, -0.2) is 47.3 Å². The van der Waals surface area contributed by atoms with E-state index in [0.29, 0.717) is 38.4 Å². The van der Waals surface area contributed by atoms with Crippen LogP contribution in [0.3, 0.4) is 0 Å². The van der Waals surface area contributed by atoms with E-state index in [0.717, 1.165) is 11.1 Å². The van der Waals surface area contributed by atoms with E-state index >= 15 is 0 Å². The molecule has 0 aliphatic heterocycles. The Bertz CT molecular complexity index is 1550. The van der Waals surface area contributed by atoms with Crippen LogP contribution < -0.4 is 15.4 Å². The van der Waals surface area contributed by atoms with Gasteiger partial charge in [0.05, 0.1) is 18.0 Å². The smallest absolute Gasteiger partial charge is 0.255 e. The number of anilines is 2. The number of pyridine rings is 1. The van der Waals surface area contributed by atoms with Crippen LogP contribution in [0.2, 0.25) is 0 Å². The first-order valence-electron chi connectivity index (χ1n) is 11.9. The minimum absolute atomic E-state index is 0.152. The van der Waals surface area contributed by atoms with Crippen LogP contribution in [0.25, 0.3) is 10.3 Å². The van der Waals surface area contributed by atoms with Gasteiger partial charge in [0.25, 0.3) is 5.91 Å². The molecule has 0 radical (unpaired) electrons. The topological polar surface area (TPSA) is 120 Å². The fraction of sp³-hybridized carbons (Fsp3) is 0.250. The number of benzene rings is 2. The van der Waals surface area contributed by atoms with Crippen LogP contribution in [0, 0.1) is 18.3 Å². The summed E-state index contributed by atoms with van der Waals surface area (Å²) < 4.78 is 6.05. The molecule has 2 N–H and O–H groups in total. The largest absolute Gasteiger partial charge is 0.439 e. The first kappa shape index (κ1) is 26.7. The maximum Gasteiger partial charge on any atom is 0.255 e. The van der Waals surface area contributed by atoms with Crippen molar-refractivity contribution in [3.8, 4) is 17.7 Å². The molecule has 0 atom stereocenters. The first-order chi connectivity index (χ1) is 18.0. The van der Waals surface area contributed by atoms with Gasteiger partial charge in [-0.25, -0.2) is 9.97 Å². The summed E-state index contributed by atoms with van der Waals surface area (Å²) >= 11 is 1.27. The summed E-state index contributed by atoms with van der Waals surface area (Å²) in [6.07, 6.45) is 0. The Kier molecular flexibility index (Phi) is 7.71. The molecule has 2 heterocycles. The molecule has 4 rings (SSSR count). The van der Waals surface area contributed by atoms with Crippen molar-refractivity contribution >= 4 is 44.3 Å². The van der Waals surface area contributed by atoms with E-state index in [1.807, 2.05) is 47.0 Å². The van der Waals surface area contributed by atoms with Crippen molar-refractivity contribution in [2.45, 2.75) is 26.2 Å². The molecule has 0 saturated carbocycles. The van der Waals surface area contributed by atoms with Gasteiger partial charge in [-0.3, -0.25) is 9.59 Å². The summed E-state index contributed by atoms with van der Waals surface area (Å²) in [6.45, 7) is 5.78. The number of rotatable bonds is 8. The molecule has 38 heavy (non-hydrogen) atoms. The van der Waals surface area contributed by atoms with Crippen LogP contribution in [-0.2, 0) is 10.2 Å². The minimum atomic E-state index is -0.702. The molecular weight excluding hydrogens is 500 g/mol. The van der Waals surface area contributed by atoms with Gasteiger partial charge in [-0.15, -0.1) is 0 Å². The number of aromatic nitrogens is 2. The number of hydrogen-bond acceptors (Lipinski definition) is 8. The molecule has 0 saturated heterocycles. The molecule has 2 amide bonds. The second-order valence-electron chi connectivity index (χ2n) is 9.63. The van der Waals surface area contributed by atoms with Gasteiger partial charge in [0.2, 0.25) is 11.8 Å². The molecule has 10 heteroatoms. The number of fused-ring (bicyclic) bond motifs is 1. The molecule has 4 aromatic rings. The Morgan fingerprint density at radius 1 is 1.08 bits per heavy atom. The van der Waals surface area contributed by atoms with E-state index in [-0.39, 0.29) is 18.4 Å². The molecule has 0 unspecified atom stereocenters. The lowest BCUT2D eigenvalue weighted by Crippen LogP contribution is -2.26. The molecule has 9 nitrogen and oxygen atoms in total. The number of ether oxygens (including phenoxy) is 1. The van der Waals surface area contributed by atoms with Gasteiger partial charge < -0.3 is 20.3 Å². The summed E-state index contributed by atoms with van der Waals surface area (Å²) in [6, 6.07) is 18.2. The van der Waals surface area contributed by atoms with Crippen LogP contribution in [0.15, 0.2) is 54.6 Å². The Hall–Kier alpha value is -4.33. The number of thiazole rings is 1. The molecule has 0 aliphatic carbocycles. The lowest BCUT2D eigenvalue weighted by molar-refractivity contribution is -0.116. The molecule has 2 aromatic heterocycles. The number of aryl methyl sites for hydroxylation is 1. The van der Waals surface area contributed by atoms with E-state index in [9.17, 15) is 14.9 Å². The Balaban J connectivity index is 1.50. The number of nitrogens with zero attached hydrogens (tertiary/aromatic N) is 4. The van der Waals surface area contributed by atoms with Crippen molar-refractivity contribution in [2.75, 3.05) is 31.3 Å². The van der Waals surface area contributed by atoms with Gasteiger partial charge in [0, 0.05) is 23.4 Å². The van der Waals surface area contributed by atoms with Crippen molar-refractivity contribution in [2.24, 2.45) is 0 Å². The van der Waals surface area contributed by atoms with E-state index in [1.54, 1.807) is 47.4 Å². The molecule has 0 spiro atoms. The average molecular weight is 529 g/mol. The van der Waals surface area contributed by atoms with Gasteiger partial charge in [-0.05, 0) is 70.3 Å². The number of nitriles is 1. The summed E-state index contributed by atoms with van der Waals surface area (Å²) in [5, 5.41) is 15.6. The lowest BCUT2D eigenvalue weighted by Gasteiger charge is -2.16. The third-order valence-electron chi connectivity index (χ3n) is 5.72. The number of carbonyl (C=O) groups is 2. The zero-order valence-electron chi connectivity index (χ0n) is 21.8. The van der Waals surface area contributed by atoms with Crippen molar-refractivity contribution in [3.63, 3.8) is 0 Å². The normalized spacial score (nSPS) is 11.3. The zero-order valence-corrected chi connectivity index (χ0v) is 22.6. The fourth-order valence-electron chi connectivity index (χ4n) is 3.57. The molecular formula is C28H28N6O3S. The number of amides is 2. The van der Waals surface area contributed by atoms with Gasteiger partial charge in [0.15, 0.2) is 5.13 Å². The van der Waals surface area contributed by atoms with Crippen LogP contribution in [0.5, 0.6) is 11.6 Å². The summed E-state index contributed by atoms with van der Waals surface area (Å²) in [5.41, 5.74) is 2.60. The third-order valence-corrected chi connectivity index (χ3v) is 6.60. The van der Waals surface area contributed by atoms with Gasteiger partial charge >= 0.3 is 0 Å². The summed E-state index contributed by atoms with van der Waals surface area (Å²) in [7, 11) is 3.64. The van der Waals surface area contributed by atoms with Crippen LogP contribution in [0.1, 0.15) is 35.3 Å². The van der Waals surface area contributed by atoms with Crippen molar-refractivity contribution in [3.05, 3.63) is 71.3 Å². The molecule has 0 aliphatic rings. The zero-order chi connectivity index (χ0) is 27.4. The van der Waals surface area contributed by atoms with Crippen molar-refractivity contribution < 1.29 is 14.3 Å². The monoisotopic (exact) mass is 528 g/mol. The predicted molar refractivity (Wildman–Crippen MR) is 149 cm³/mol. The average Bonchev–Trinajstić information content (AvgIpc) is 3.26. The Morgan fingerprint density at radius 3 is 2.61 bits per heavy atom. The van der Waals surface area contributed by atoms with Gasteiger partial charge in [0.1, 0.15) is 16.1 Å². The van der Waals surface area contributed by atoms with Crippen LogP contribution in [0.4, 0.5) is 10.8 Å². The summed E-state index contributed by atoms with van der Waals surface area (Å²) in [5.74, 6) is 0.465. The SMILES string of the molecule is Cc1ccc(NC(=O)c2cccc(C(C)(C)C#N)c2)cc1Oc1ccc2nc(NC(=O)CN(C)C)sc2n1. The van der Waals surface area contributed by atoms with Crippen molar-refractivity contribution in [1.82, 2.24) is 14.9 Å². The lowest BCUT2D eigenvalue weighted by atomic mass is 9.85.